The third-order valence-corrected chi connectivity index (χ3v) is 8.39. The minimum Gasteiger partial charge on any atom is -0.256 e. The maximum absolute atomic E-state index is 4.58. The average molecular weight is 504 g/mol. The zero-order valence-electron chi connectivity index (χ0n) is 23.7. The molecule has 0 spiro atoms. The van der Waals surface area contributed by atoms with E-state index in [-0.39, 0.29) is 0 Å². The van der Waals surface area contributed by atoms with Crippen molar-refractivity contribution < 1.29 is 0 Å². The van der Waals surface area contributed by atoms with Gasteiger partial charge in [-0.05, 0) is 112 Å². The fourth-order valence-electron chi connectivity index (χ4n) is 6.13. The van der Waals surface area contributed by atoms with E-state index in [1.165, 1.54) is 128 Å². The average Bonchev–Trinajstić information content (AvgIpc) is 2.93. The van der Waals surface area contributed by atoms with Crippen LogP contribution >= 0.6 is 0 Å². The Morgan fingerprint density at radius 3 is 1.39 bits per heavy atom. The largest absolute Gasteiger partial charge is 0.256 e. The van der Waals surface area contributed by atoms with Crippen LogP contribution in [0.3, 0.4) is 0 Å². The zero-order valence-corrected chi connectivity index (χ0v) is 23.7. The van der Waals surface area contributed by atoms with E-state index in [1.54, 1.807) is 11.1 Å². The van der Waals surface area contributed by atoms with Crippen LogP contribution in [0.4, 0.5) is 0 Å². The van der Waals surface area contributed by atoms with Crippen molar-refractivity contribution in [2.24, 2.45) is 0 Å². The van der Waals surface area contributed by atoms with Crippen LogP contribution in [-0.4, -0.2) is 4.98 Å². The normalized spacial score (nSPS) is 11.8. The third-order valence-electron chi connectivity index (χ3n) is 8.39. The molecule has 0 fully saturated rings. The number of rotatable bonds is 14. The van der Waals surface area contributed by atoms with Crippen molar-refractivity contribution in [2.45, 2.75) is 104 Å². The second-order valence-electron chi connectivity index (χ2n) is 11.5. The molecule has 4 aromatic carbocycles. The number of unbranched alkanes of at least 4 members (excludes halogenated alkanes) is 10. The molecule has 38 heavy (non-hydrogen) atoms. The van der Waals surface area contributed by atoms with Gasteiger partial charge in [0.05, 0.1) is 5.52 Å². The highest BCUT2D eigenvalue weighted by Gasteiger charge is 2.09. The Labute approximate surface area is 229 Å². The highest BCUT2D eigenvalue weighted by molar-refractivity contribution is 6.07. The first kappa shape index (κ1) is 26.7. The highest BCUT2D eigenvalue weighted by Crippen LogP contribution is 2.32. The lowest BCUT2D eigenvalue weighted by atomic mass is 9.91. The Morgan fingerprint density at radius 2 is 0.868 bits per heavy atom. The number of pyridine rings is 1. The van der Waals surface area contributed by atoms with Crippen LogP contribution in [-0.2, 0) is 12.8 Å². The molecule has 198 valence electrons. The molecule has 0 bridgehead atoms. The van der Waals surface area contributed by atoms with Gasteiger partial charge in [0.1, 0.15) is 0 Å². The number of hydrogen-bond donors (Lipinski definition) is 0. The molecule has 1 nitrogen and oxygen atoms in total. The first-order valence-corrected chi connectivity index (χ1v) is 15.4. The second kappa shape index (κ2) is 13.2. The molecule has 5 rings (SSSR count). The van der Waals surface area contributed by atoms with E-state index in [2.05, 4.69) is 73.4 Å². The number of hydrogen-bond acceptors (Lipinski definition) is 1. The number of aryl methyl sites for hydroxylation is 2. The van der Waals surface area contributed by atoms with E-state index < -0.39 is 0 Å². The summed E-state index contributed by atoms with van der Waals surface area (Å²) in [6.07, 6.45) is 20.7. The van der Waals surface area contributed by atoms with Crippen LogP contribution in [0.15, 0.2) is 66.9 Å². The Balaban J connectivity index is 1.44. The van der Waals surface area contributed by atoms with Crippen molar-refractivity contribution in [1.82, 2.24) is 4.98 Å². The van der Waals surface area contributed by atoms with Gasteiger partial charge in [-0.3, -0.25) is 4.98 Å². The quantitative estimate of drug-likeness (QED) is 0.108. The summed E-state index contributed by atoms with van der Waals surface area (Å²) >= 11 is 0. The van der Waals surface area contributed by atoms with Crippen LogP contribution in [0.2, 0.25) is 0 Å². The Bertz CT molecular complexity index is 1380. The van der Waals surface area contributed by atoms with Crippen molar-refractivity contribution in [3.8, 4) is 0 Å². The number of nitrogens with zero attached hydrogens (tertiary/aromatic N) is 1. The fourth-order valence-corrected chi connectivity index (χ4v) is 6.13. The van der Waals surface area contributed by atoms with E-state index in [1.807, 2.05) is 12.3 Å². The summed E-state index contributed by atoms with van der Waals surface area (Å²) in [4.78, 5) is 4.58. The van der Waals surface area contributed by atoms with Gasteiger partial charge in [0.25, 0.3) is 0 Å². The number of fused-ring (bicyclic) bond motifs is 4. The summed E-state index contributed by atoms with van der Waals surface area (Å²) in [6.45, 7) is 4.60. The van der Waals surface area contributed by atoms with Crippen molar-refractivity contribution in [2.75, 3.05) is 0 Å². The zero-order chi connectivity index (χ0) is 26.2. The molecule has 0 aliphatic carbocycles. The van der Waals surface area contributed by atoms with E-state index in [9.17, 15) is 0 Å². The smallest absolute Gasteiger partial charge is 0.0708 e. The monoisotopic (exact) mass is 503 g/mol. The third kappa shape index (κ3) is 6.55. The van der Waals surface area contributed by atoms with E-state index in [0.29, 0.717) is 0 Å². The Hall–Kier alpha value is -2.93. The number of aromatic nitrogens is 1. The Morgan fingerprint density at radius 1 is 0.447 bits per heavy atom. The van der Waals surface area contributed by atoms with Gasteiger partial charge in [-0.1, -0.05) is 96.3 Å². The van der Waals surface area contributed by atoms with Crippen molar-refractivity contribution >= 4 is 43.2 Å². The van der Waals surface area contributed by atoms with Gasteiger partial charge in [-0.15, -0.1) is 0 Å². The molecule has 0 saturated carbocycles. The second-order valence-corrected chi connectivity index (χ2v) is 11.5. The lowest BCUT2D eigenvalue weighted by Gasteiger charge is -2.14. The summed E-state index contributed by atoms with van der Waals surface area (Å²) in [5.74, 6) is 0. The molecule has 0 saturated heterocycles. The first-order valence-electron chi connectivity index (χ1n) is 15.4. The summed E-state index contributed by atoms with van der Waals surface area (Å²) < 4.78 is 0. The summed E-state index contributed by atoms with van der Waals surface area (Å²) in [5, 5.41) is 9.23. The highest BCUT2D eigenvalue weighted by atomic mass is 14.6. The van der Waals surface area contributed by atoms with Crippen LogP contribution in [0.25, 0.3) is 43.2 Å². The van der Waals surface area contributed by atoms with E-state index in [0.717, 1.165) is 5.52 Å². The lowest BCUT2D eigenvalue weighted by Crippen LogP contribution is -1.97. The van der Waals surface area contributed by atoms with Gasteiger partial charge >= 0.3 is 0 Å². The van der Waals surface area contributed by atoms with Crippen LogP contribution in [0.1, 0.15) is 102 Å². The summed E-state index contributed by atoms with van der Waals surface area (Å²) in [7, 11) is 0. The molecule has 0 aliphatic heterocycles. The van der Waals surface area contributed by atoms with Gasteiger partial charge in [0.15, 0.2) is 0 Å². The molecule has 1 heterocycles. The predicted molar refractivity (Wildman–Crippen MR) is 168 cm³/mol. The first-order chi connectivity index (χ1) is 18.7. The van der Waals surface area contributed by atoms with Crippen LogP contribution in [0, 0.1) is 0 Å². The van der Waals surface area contributed by atoms with E-state index in [4.69, 9.17) is 0 Å². The van der Waals surface area contributed by atoms with Gasteiger partial charge < -0.3 is 0 Å². The molecule has 0 amide bonds. The lowest BCUT2D eigenvalue weighted by molar-refractivity contribution is 0.599. The molecule has 0 aliphatic rings. The standard InChI is InChI=1S/C37H45N/c1-3-5-7-9-11-13-16-28-20-31-23-34-25-33-22-30-18-15-19-38-37(30)27-36(33)26-35(34)24-32(31)21-29(28)17-14-12-10-8-6-4-2/h15,18-27H,3-14,16-17H2,1-2H3. The molecule has 0 radical (unpaired) electrons. The summed E-state index contributed by atoms with van der Waals surface area (Å²) in [5.41, 5.74) is 4.26. The number of benzene rings is 4. The van der Waals surface area contributed by atoms with Gasteiger partial charge in [-0.2, -0.15) is 0 Å². The van der Waals surface area contributed by atoms with Crippen LogP contribution < -0.4 is 0 Å². The molecular formula is C37H45N. The van der Waals surface area contributed by atoms with Crippen molar-refractivity contribution in [1.29, 1.82) is 0 Å². The minimum absolute atomic E-state index is 1.07. The van der Waals surface area contributed by atoms with Gasteiger partial charge in [-0.25, -0.2) is 0 Å². The Kier molecular flexibility index (Phi) is 9.28. The molecule has 0 atom stereocenters. The van der Waals surface area contributed by atoms with Gasteiger partial charge in [0.2, 0.25) is 0 Å². The molecule has 1 heteroatoms. The molecular weight excluding hydrogens is 458 g/mol. The molecule has 5 aromatic rings. The molecule has 0 unspecified atom stereocenters. The van der Waals surface area contributed by atoms with Crippen LogP contribution in [0.5, 0.6) is 0 Å². The molecule has 0 N–H and O–H groups in total. The van der Waals surface area contributed by atoms with E-state index >= 15 is 0 Å². The topological polar surface area (TPSA) is 12.9 Å². The fraction of sp³-hybridized carbons (Fsp3) is 0.432. The van der Waals surface area contributed by atoms with Gasteiger partial charge in [0, 0.05) is 11.6 Å². The maximum Gasteiger partial charge on any atom is 0.0708 e. The van der Waals surface area contributed by atoms with Crippen molar-refractivity contribution in [3.05, 3.63) is 78.0 Å². The molecule has 1 aromatic heterocycles. The summed E-state index contributed by atoms with van der Waals surface area (Å²) in [6, 6.07) is 23.3. The van der Waals surface area contributed by atoms with Crippen molar-refractivity contribution in [3.63, 3.8) is 0 Å². The predicted octanol–water partition coefficient (Wildman–Crippen LogP) is 11.5. The maximum atomic E-state index is 4.58. The minimum atomic E-state index is 1.07. The SMILES string of the molecule is CCCCCCCCc1cc2cc3cc4cc5cccnc5cc4cc3cc2cc1CCCCCCCC.